The van der Waals surface area contributed by atoms with Crippen molar-refractivity contribution in [3.8, 4) is 11.1 Å². The minimum atomic E-state index is 0. The van der Waals surface area contributed by atoms with Crippen molar-refractivity contribution < 1.29 is 0 Å². The molecule has 3 aliphatic rings. The largest absolute Gasteiger partial charge is 0.371 e. The summed E-state index contributed by atoms with van der Waals surface area (Å²) in [7, 11) is 0. The maximum absolute atomic E-state index is 4.07. The van der Waals surface area contributed by atoms with E-state index < -0.39 is 0 Å². The molecule has 1 spiro atoms. The Labute approximate surface area is 219 Å². The summed E-state index contributed by atoms with van der Waals surface area (Å²) in [5, 5.41) is 0. The topological polar surface area (TPSA) is 6.48 Å². The predicted octanol–water partition coefficient (Wildman–Crippen LogP) is 8.99. The van der Waals surface area contributed by atoms with Gasteiger partial charge < -0.3 is 9.80 Å². The zero-order chi connectivity index (χ0) is 23.9. The van der Waals surface area contributed by atoms with Gasteiger partial charge in [0.1, 0.15) is 0 Å². The van der Waals surface area contributed by atoms with Crippen molar-refractivity contribution in [2.45, 2.75) is 58.8 Å². The van der Waals surface area contributed by atoms with Crippen molar-refractivity contribution in [3.05, 3.63) is 97.1 Å². The second-order valence-electron chi connectivity index (χ2n) is 10.7. The quantitative estimate of drug-likeness (QED) is 0.345. The molecule has 2 aliphatic heterocycles. The Morgan fingerprint density at radius 2 is 1.00 bits per heavy atom. The minimum absolute atomic E-state index is 0. The van der Waals surface area contributed by atoms with Gasteiger partial charge in [-0.3, -0.25) is 0 Å². The van der Waals surface area contributed by atoms with Crippen LogP contribution in [0.1, 0.15) is 58.8 Å². The third-order valence-electron chi connectivity index (χ3n) is 8.42. The summed E-state index contributed by atoms with van der Waals surface area (Å²) in [5.41, 5.74) is 7.43. The molecule has 1 aliphatic carbocycles. The summed E-state index contributed by atoms with van der Waals surface area (Å²) in [4.78, 5) is 5.01. The maximum Gasteiger partial charge on any atom is 0.0366 e. The zero-order valence-corrected chi connectivity index (χ0v) is 21.2. The van der Waals surface area contributed by atoms with Crippen LogP contribution in [0.15, 0.2) is 97.1 Å². The minimum Gasteiger partial charge on any atom is -0.371 e. The van der Waals surface area contributed by atoms with E-state index in [-0.39, 0.29) is 7.43 Å². The van der Waals surface area contributed by atoms with Gasteiger partial charge in [0.15, 0.2) is 0 Å². The van der Waals surface area contributed by atoms with Crippen LogP contribution in [-0.4, -0.2) is 26.2 Å². The first-order chi connectivity index (χ1) is 17.2. The number of para-hydroxylation sites is 1. The monoisotopic (exact) mass is 480 g/mol. The van der Waals surface area contributed by atoms with Gasteiger partial charge in [-0.1, -0.05) is 93.1 Å². The van der Waals surface area contributed by atoms with Crippen LogP contribution in [0, 0.1) is 5.41 Å². The molecule has 2 nitrogen and oxygen atoms in total. The maximum atomic E-state index is 4.07. The van der Waals surface area contributed by atoms with Crippen molar-refractivity contribution in [2.24, 2.45) is 5.41 Å². The van der Waals surface area contributed by atoms with Crippen LogP contribution >= 0.6 is 0 Å². The predicted molar refractivity (Wildman–Crippen MR) is 158 cm³/mol. The van der Waals surface area contributed by atoms with Gasteiger partial charge in [-0.05, 0) is 79.3 Å². The smallest absolute Gasteiger partial charge is 0.0366 e. The molecule has 36 heavy (non-hydrogen) atoms. The molecule has 3 fully saturated rings. The van der Waals surface area contributed by atoms with E-state index >= 15 is 0 Å². The van der Waals surface area contributed by atoms with Crippen molar-refractivity contribution in [1.29, 1.82) is 0 Å². The van der Waals surface area contributed by atoms with Gasteiger partial charge in [-0.15, -0.1) is 0 Å². The SMILES string of the molecule is C.C=C1CCN(c2ccc(-c3ccccc3)cc2)CC1.c1ccc(N2CCC3(CCCC3)CC2)cc1. The molecule has 2 heterocycles. The molecular weight excluding hydrogens is 436 g/mol. The van der Waals surface area contributed by atoms with Gasteiger partial charge in [0.2, 0.25) is 0 Å². The van der Waals surface area contributed by atoms with E-state index in [0.717, 1.165) is 31.3 Å². The zero-order valence-electron chi connectivity index (χ0n) is 21.2. The van der Waals surface area contributed by atoms with Gasteiger partial charge >= 0.3 is 0 Å². The highest BCUT2D eigenvalue weighted by atomic mass is 15.1. The third kappa shape index (κ3) is 6.40. The Morgan fingerprint density at radius 1 is 0.528 bits per heavy atom. The fourth-order valence-electron chi connectivity index (χ4n) is 6.08. The molecule has 0 atom stereocenters. The molecule has 190 valence electrons. The van der Waals surface area contributed by atoms with Crippen molar-refractivity contribution in [3.63, 3.8) is 0 Å². The lowest BCUT2D eigenvalue weighted by Crippen LogP contribution is -2.38. The molecule has 0 unspecified atom stereocenters. The lowest BCUT2D eigenvalue weighted by atomic mass is 9.77. The summed E-state index contributed by atoms with van der Waals surface area (Å²) in [6.45, 7) is 8.81. The van der Waals surface area contributed by atoms with Crippen molar-refractivity contribution >= 4 is 11.4 Å². The van der Waals surface area contributed by atoms with Gasteiger partial charge in [-0.25, -0.2) is 0 Å². The molecule has 2 saturated heterocycles. The summed E-state index contributed by atoms with van der Waals surface area (Å²) < 4.78 is 0. The Hall–Kier alpha value is -3.00. The molecule has 1 saturated carbocycles. The molecule has 0 aromatic heterocycles. The highest BCUT2D eigenvalue weighted by Crippen LogP contribution is 2.46. The molecular formula is C34H44N2. The summed E-state index contributed by atoms with van der Waals surface area (Å²) in [5.74, 6) is 0. The van der Waals surface area contributed by atoms with E-state index in [0.29, 0.717) is 0 Å². The van der Waals surface area contributed by atoms with Crippen LogP contribution in [0.4, 0.5) is 11.4 Å². The first-order valence-corrected chi connectivity index (χ1v) is 13.6. The molecule has 3 aromatic carbocycles. The number of hydrogen-bond acceptors (Lipinski definition) is 2. The number of piperidine rings is 2. The van der Waals surface area contributed by atoms with Crippen LogP contribution in [0.3, 0.4) is 0 Å². The Morgan fingerprint density at radius 3 is 1.58 bits per heavy atom. The third-order valence-corrected chi connectivity index (χ3v) is 8.42. The fourth-order valence-corrected chi connectivity index (χ4v) is 6.08. The van der Waals surface area contributed by atoms with E-state index in [1.807, 2.05) is 0 Å². The van der Waals surface area contributed by atoms with Gasteiger partial charge in [0.05, 0.1) is 0 Å². The van der Waals surface area contributed by atoms with Crippen LogP contribution in [0.25, 0.3) is 11.1 Å². The molecule has 6 rings (SSSR count). The highest BCUT2D eigenvalue weighted by Gasteiger charge is 2.36. The fraction of sp³-hybridized carbons (Fsp3) is 0.412. The van der Waals surface area contributed by atoms with E-state index in [9.17, 15) is 0 Å². The van der Waals surface area contributed by atoms with E-state index in [2.05, 4.69) is 101 Å². The number of benzene rings is 3. The second-order valence-corrected chi connectivity index (χ2v) is 10.7. The van der Waals surface area contributed by atoms with Gasteiger partial charge in [-0.2, -0.15) is 0 Å². The van der Waals surface area contributed by atoms with Crippen LogP contribution in [-0.2, 0) is 0 Å². The first-order valence-electron chi connectivity index (χ1n) is 13.6. The van der Waals surface area contributed by atoms with E-state index in [4.69, 9.17) is 0 Å². The molecule has 0 radical (unpaired) electrons. The second kappa shape index (κ2) is 12.3. The summed E-state index contributed by atoms with van der Waals surface area (Å²) >= 11 is 0. The van der Waals surface area contributed by atoms with E-state index in [1.54, 1.807) is 0 Å². The molecule has 0 bridgehead atoms. The summed E-state index contributed by atoms with van der Waals surface area (Å²) in [6, 6.07) is 30.3. The molecule has 0 N–H and O–H groups in total. The number of nitrogens with zero attached hydrogens (tertiary/aromatic N) is 2. The Balaban J connectivity index is 0.000000167. The Kier molecular flexibility index (Phi) is 8.91. The number of anilines is 2. The number of hydrogen-bond donors (Lipinski definition) is 0. The average Bonchev–Trinajstić information content (AvgIpc) is 3.39. The van der Waals surface area contributed by atoms with Crippen LogP contribution in [0.5, 0.6) is 0 Å². The van der Waals surface area contributed by atoms with Crippen LogP contribution < -0.4 is 9.80 Å². The Bertz CT molecular complexity index is 1050. The van der Waals surface area contributed by atoms with Crippen molar-refractivity contribution in [2.75, 3.05) is 36.0 Å². The first kappa shape index (κ1) is 26.1. The number of rotatable bonds is 3. The van der Waals surface area contributed by atoms with Crippen molar-refractivity contribution in [1.82, 2.24) is 0 Å². The highest BCUT2D eigenvalue weighted by molar-refractivity contribution is 5.66. The normalized spacial score (nSPS) is 18.8. The van der Waals surface area contributed by atoms with Gasteiger partial charge in [0, 0.05) is 37.6 Å². The average molecular weight is 481 g/mol. The van der Waals surface area contributed by atoms with E-state index in [1.165, 1.54) is 79.7 Å². The summed E-state index contributed by atoms with van der Waals surface area (Å²) in [6.07, 6.45) is 11.0. The lowest BCUT2D eigenvalue weighted by Gasteiger charge is -2.40. The lowest BCUT2D eigenvalue weighted by molar-refractivity contribution is 0.226. The standard InChI is InChI=1S/C18H19N.C15H21N.CH4/c1-15-11-13-19(14-12-15)18-9-7-17(8-10-18)16-5-3-2-4-6-16;1-2-6-14(7-3-1)16-12-10-15(11-13-16)8-4-5-9-15;/h2-10H,1,11-14H2;1-3,6-7H,4-5,8-13H2;1H4. The van der Waals surface area contributed by atoms with Gasteiger partial charge in [0.25, 0.3) is 0 Å². The molecule has 3 aromatic rings. The molecule has 0 amide bonds. The molecule has 2 heteroatoms. The van der Waals surface area contributed by atoms with Crippen LogP contribution in [0.2, 0.25) is 0 Å².